The predicted molar refractivity (Wildman–Crippen MR) is 71.1 cm³/mol. The number of carbonyl (C=O) groups is 2. The minimum Gasteiger partial charge on any atom is -0.496 e. The summed E-state index contributed by atoms with van der Waals surface area (Å²) in [6, 6.07) is 4.92. The lowest BCUT2D eigenvalue weighted by atomic mass is 10.1. The highest BCUT2D eigenvalue weighted by Crippen LogP contribution is 2.19. The summed E-state index contributed by atoms with van der Waals surface area (Å²) in [5, 5.41) is 2.58. The summed E-state index contributed by atoms with van der Waals surface area (Å²) in [7, 11) is 2.88. The number of methoxy groups -OCH3 is 2. The highest BCUT2D eigenvalue weighted by Gasteiger charge is 2.16. The third-order valence-corrected chi connectivity index (χ3v) is 2.77. The molecule has 1 atom stereocenters. The van der Waals surface area contributed by atoms with Gasteiger partial charge in [0.1, 0.15) is 11.8 Å². The second-order valence-corrected chi connectivity index (χ2v) is 4.29. The number of carbonyl (C=O) groups excluding carboxylic acids is 2. The molecule has 0 aromatic heterocycles. The molecule has 0 aliphatic rings. The molecule has 0 saturated carbocycles. The summed E-state index contributed by atoms with van der Waals surface area (Å²) in [5.74, 6) is 0.0463. The maximum Gasteiger partial charge on any atom is 0.328 e. The van der Waals surface area contributed by atoms with Gasteiger partial charge in [-0.05, 0) is 31.0 Å². The van der Waals surface area contributed by atoms with Crippen LogP contribution in [-0.4, -0.2) is 32.1 Å². The second kappa shape index (κ2) is 6.78. The number of nitrogens with one attached hydrogen (secondary N) is 1. The first-order chi connectivity index (χ1) is 8.97. The third kappa shape index (κ3) is 4.28. The number of hydrogen-bond donors (Lipinski definition) is 1. The van der Waals surface area contributed by atoms with Gasteiger partial charge in [-0.25, -0.2) is 4.79 Å². The van der Waals surface area contributed by atoms with E-state index >= 15 is 0 Å². The van der Waals surface area contributed by atoms with Crippen molar-refractivity contribution < 1.29 is 19.1 Å². The molecule has 5 heteroatoms. The first kappa shape index (κ1) is 15.0. The van der Waals surface area contributed by atoms with E-state index in [0.717, 1.165) is 16.9 Å². The molecule has 1 aromatic rings. The standard InChI is InChI=1S/C14H19NO4/c1-9-5-6-11(7-12(9)18-3)8-13(16)15-10(2)14(17)19-4/h5-7,10H,8H2,1-4H3,(H,15,16). The Morgan fingerprint density at radius 3 is 2.58 bits per heavy atom. The van der Waals surface area contributed by atoms with E-state index in [1.54, 1.807) is 14.0 Å². The van der Waals surface area contributed by atoms with Gasteiger partial charge in [0.15, 0.2) is 0 Å². The van der Waals surface area contributed by atoms with Crippen LogP contribution in [0.4, 0.5) is 0 Å². The van der Waals surface area contributed by atoms with Crippen molar-refractivity contribution in [2.45, 2.75) is 26.3 Å². The fourth-order valence-electron chi connectivity index (χ4n) is 1.69. The van der Waals surface area contributed by atoms with Crippen LogP contribution in [0.3, 0.4) is 0 Å². The summed E-state index contributed by atoms with van der Waals surface area (Å²) in [6.07, 6.45) is 0.192. The highest BCUT2D eigenvalue weighted by atomic mass is 16.5. The zero-order valence-electron chi connectivity index (χ0n) is 11.6. The predicted octanol–water partition coefficient (Wildman–Crippen LogP) is 1.22. The molecule has 0 bridgehead atoms. The van der Waals surface area contributed by atoms with Crippen molar-refractivity contribution in [3.8, 4) is 5.75 Å². The Morgan fingerprint density at radius 1 is 1.32 bits per heavy atom. The molecule has 0 aliphatic heterocycles. The van der Waals surface area contributed by atoms with Gasteiger partial charge >= 0.3 is 5.97 Å². The monoisotopic (exact) mass is 265 g/mol. The highest BCUT2D eigenvalue weighted by molar-refractivity contribution is 5.85. The Bertz CT molecular complexity index is 471. The lowest BCUT2D eigenvalue weighted by Crippen LogP contribution is -2.39. The van der Waals surface area contributed by atoms with Crippen molar-refractivity contribution >= 4 is 11.9 Å². The molecular formula is C14H19NO4. The van der Waals surface area contributed by atoms with Gasteiger partial charge in [-0.2, -0.15) is 0 Å². The van der Waals surface area contributed by atoms with Crippen LogP contribution in [0.5, 0.6) is 5.75 Å². The molecule has 19 heavy (non-hydrogen) atoms. The van der Waals surface area contributed by atoms with E-state index in [4.69, 9.17) is 4.74 Å². The van der Waals surface area contributed by atoms with E-state index < -0.39 is 12.0 Å². The van der Waals surface area contributed by atoms with Crippen LogP contribution in [0.25, 0.3) is 0 Å². The average Bonchev–Trinajstić information content (AvgIpc) is 2.39. The molecule has 1 amide bonds. The lowest BCUT2D eigenvalue weighted by Gasteiger charge is -2.12. The number of amides is 1. The van der Waals surface area contributed by atoms with E-state index in [-0.39, 0.29) is 12.3 Å². The van der Waals surface area contributed by atoms with Crippen LogP contribution < -0.4 is 10.1 Å². The van der Waals surface area contributed by atoms with Crippen molar-refractivity contribution in [2.75, 3.05) is 14.2 Å². The number of benzene rings is 1. The van der Waals surface area contributed by atoms with Crippen LogP contribution in [0.1, 0.15) is 18.1 Å². The Labute approximate surface area is 112 Å². The molecule has 1 N–H and O–H groups in total. The van der Waals surface area contributed by atoms with E-state index in [0.29, 0.717) is 0 Å². The molecule has 0 heterocycles. The van der Waals surface area contributed by atoms with E-state index in [2.05, 4.69) is 10.1 Å². The topological polar surface area (TPSA) is 64.6 Å². The smallest absolute Gasteiger partial charge is 0.328 e. The number of aryl methyl sites for hydroxylation is 1. The molecule has 5 nitrogen and oxygen atoms in total. The molecule has 0 spiro atoms. The van der Waals surface area contributed by atoms with Crippen LogP contribution in [-0.2, 0) is 20.7 Å². The molecular weight excluding hydrogens is 246 g/mol. The number of hydrogen-bond acceptors (Lipinski definition) is 4. The maximum atomic E-state index is 11.8. The summed E-state index contributed by atoms with van der Waals surface area (Å²) < 4.78 is 9.74. The molecule has 0 aliphatic carbocycles. The zero-order chi connectivity index (χ0) is 14.4. The maximum absolute atomic E-state index is 11.8. The average molecular weight is 265 g/mol. The van der Waals surface area contributed by atoms with Gasteiger partial charge in [0, 0.05) is 0 Å². The van der Waals surface area contributed by atoms with Crippen LogP contribution in [0.15, 0.2) is 18.2 Å². The number of rotatable bonds is 5. The summed E-state index contributed by atoms with van der Waals surface area (Å²) in [5.41, 5.74) is 1.84. The van der Waals surface area contributed by atoms with Crippen molar-refractivity contribution in [3.05, 3.63) is 29.3 Å². The fourth-order valence-corrected chi connectivity index (χ4v) is 1.69. The fraction of sp³-hybridized carbons (Fsp3) is 0.429. The molecule has 1 unspecified atom stereocenters. The van der Waals surface area contributed by atoms with E-state index in [1.165, 1.54) is 7.11 Å². The third-order valence-electron chi connectivity index (χ3n) is 2.77. The molecule has 0 fully saturated rings. The van der Waals surface area contributed by atoms with Crippen LogP contribution in [0, 0.1) is 6.92 Å². The minimum absolute atomic E-state index is 0.192. The Morgan fingerprint density at radius 2 is 2.00 bits per heavy atom. The second-order valence-electron chi connectivity index (χ2n) is 4.29. The van der Waals surface area contributed by atoms with Gasteiger partial charge in [-0.1, -0.05) is 12.1 Å². The molecule has 0 saturated heterocycles. The van der Waals surface area contributed by atoms with Crippen molar-refractivity contribution in [1.82, 2.24) is 5.32 Å². The summed E-state index contributed by atoms with van der Waals surface area (Å²) in [6.45, 7) is 3.52. The van der Waals surface area contributed by atoms with Crippen molar-refractivity contribution in [1.29, 1.82) is 0 Å². The summed E-state index contributed by atoms with van der Waals surface area (Å²) >= 11 is 0. The van der Waals surface area contributed by atoms with Gasteiger partial charge in [-0.15, -0.1) is 0 Å². The largest absolute Gasteiger partial charge is 0.496 e. The van der Waals surface area contributed by atoms with Gasteiger partial charge in [0.2, 0.25) is 5.91 Å². The zero-order valence-corrected chi connectivity index (χ0v) is 11.6. The Hall–Kier alpha value is -2.04. The first-order valence-corrected chi connectivity index (χ1v) is 5.98. The van der Waals surface area contributed by atoms with Gasteiger partial charge in [0.05, 0.1) is 20.6 Å². The van der Waals surface area contributed by atoms with Gasteiger partial charge in [-0.3, -0.25) is 4.79 Å². The van der Waals surface area contributed by atoms with Crippen LogP contribution in [0.2, 0.25) is 0 Å². The van der Waals surface area contributed by atoms with E-state index in [9.17, 15) is 9.59 Å². The first-order valence-electron chi connectivity index (χ1n) is 5.98. The number of ether oxygens (including phenoxy) is 2. The van der Waals surface area contributed by atoms with Crippen molar-refractivity contribution in [2.24, 2.45) is 0 Å². The van der Waals surface area contributed by atoms with E-state index in [1.807, 2.05) is 25.1 Å². The molecule has 1 aromatic carbocycles. The van der Waals surface area contributed by atoms with Crippen molar-refractivity contribution in [3.63, 3.8) is 0 Å². The molecule has 104 valence electrons. The van der Waals surface area contributed by atoms with Gasteiger partial charge < -0.3 is 14.8 Å². The van der Waals surface area contributed by atoms with Crippen LogP contribution >= 0.6 is 0 Å². The molecule has 0 radical (unpaired) electrons. The Balaban J connectivity index is 2.64. The SMILES string of the molecule is COC(=O)C(C)NC(=O)Cc1ccc(C)c(OC)c1. The summed E-state index contributed by atoms with van der Waals surface area (Å²) in [4.78, 5) is 23.0. The van der Waals surface area contributed by atoms with Gasteiger partial charge in [0.25, 0.3) is 0 Å². The molecule has 1 rings (SSSR count). The normalized spacial score (nSPS) is 11.6. The quantitative estimate of drug-likeness (QED) is 0.813. The number of esters is 1. The Kier molecular flexibility index (Phi) is 5.36. The minimum atomic E-state index is -0.648. The lowest BCUT2D eigenvalue weighted by molar-refractivity contribution is -0.144.